The molecule has 1 saturated heterocycles. The number of nitrogens with zero attached hydrogens (tertiary/aromatic N) is 2. The zero-order valence-corrected chi connectivity index (χ0v) is 16.8. The zero-order valence-electron chi connectivity index (χ0n) is 16.0. The summed E-state index contributed by atoms with van der Waals surface area (Å²) in [5.74, 6) is 0.273. The number of aliphatic imine (C=N–C) groups is 1. The van der Waals surface area contributed by atoms with Crippen LogP contribution < -0.4 is 4.74 Å². The standard InChI is InChI=1S/C20H24N2O4S/c1-5-11-26-14-9-7-13(8-10-14)17-16(19(24)25-4)12(3)21-20-22(17)18(23)15(6-2)27-20/h7-10,15,17H,5-6,11H2,1-4H3/t15-,17+/m1/s1. The number of methoxy groups -OCH3 is 1. The summed E-state index contributed by atoms with van der Waals surface area (Å²) in [5.41, 5.74) is 1.81. The van der Waals surface area contributed by atoms with Crippen molar-refractivity contribution in [3.05, 3.63) is 41.1 Å². The van der Waals surface area contributed by atoms with E-state index < -0.39 is 12.0 Å². The fourth-order valence-corrected chi connectivity index (χ4v) is 4.38. The van der Waals surface area contributed by atoms with Crippen LogP contribution in [0.25, 0.3) is 0 Å². The lowest BCUT2D eigenvalue weighted by molar-refractivity contribution is -0.137. The average Bonchev–Trinajstić information content (AvgIpc) is 3.00. The van der Waals surface area contributed by atoms with Gasteiger partial charge in [-0.25, -0.2) is 9.79 Å². The van der Waals surface area contributed by atoms with Gasteiger partial charge in [-0.15, -0.1) is 0 Å². The van der Waals surface area contributed by atoms with Gasteiger partial charge in [0, 0.05) is 0 Å². The predicted octanol–water partition coefficient (Wildman–Crippen LogP) is 3.69. The summed E-state index contributed by atoms with van der Waals surface area (Å²) in [6, 6.07) is 6.98. The summed E-state index contributed by atoms with van der Waals surface area (Å²) >= 11 is 1.46. The molecule has 2 heterocycles. The number of amides is 1. The van der Waals surface area contributed by atoms with Crippen molar-refractivity contribution < 1.29 is 19.1 Å². The van der Waals surface area contributed by atoms with Crippen molar-refractivity contribution >= 4 is 28.8 Å². The van der Waals surface area contributed by atoms with Gasteiger partial charge in [0.15, 0.2) is 5.17 Å². The molecule has 0 saturated carbocycles. The molecule has 3 rings (SSSR count). The summed E-state index contributed by atoms with van der Waals surface area (Å²) in [4.78, 5) is 31.6. The van der Waals surface area contributed by atoms with Crippen molar-refractivity contribution in [3.63, 3.8) is 0 Å². The lowest BCUT2D eigenvalue weighted by Crippen LogP contribution is -2.40. The molecule has 0 N–H and O–H groups in total. The normalized spacial score (nSPS) is 21.9. The van der Waals surface area contributed by atoms with Crippen LogP contribution in [-0.4, -0.2) is 40.9 Å². The molecule has 144 valence electrons. The molecular formula is C20H24N2O4S. The van der Waals surface area contributed by atoms with Crippen LogP contribution in [-0.2, 0) is 14.3 Å². The molecular weight excluding hydrogens is 364 g/mol. The second-order valence-electron chi connectivity index (χ2n) is 6.43. The first-order chi connectivity index (χ1) is 13.0. The molecule has 1 fully saturated rings. The lowest BCUT2D eigenvalue weighted by Gasteiger charge is -2.32. The van der Waals surface area contributed by atoms with Gasteiger partial charge < -0.3 is 9.47 Å². The van der Waals surface area contributed by atoms with Crippen LogP contribution in [0, 0.1) is 0 Å². The maximum atomic E-state index is 13.0. The van der Waals surface area contributed by atoms with E-state index in [4.69, 9.17) is 9.47 Å². The van der Waals surface area contributed by atoms with Crippen LogP contribution >= 0.6 is 11.8 Å². The SMILES string of the molecule is CCCOc1ccc([C@H]2C(C(=O)OC)=C(C)N=C3S[C@H](CC)C(=O)N32)cc1. The van der Waals surface area contributed by atoms with E-state index in [2.05, 4.69) is 4.99 Å². The molecule has 0 spiro atoms. The largest absolute Gasteiger partial charge is 0.494 e. The molecule has 2 atom stereocenters. The molecule has 7 heteroatoms. The lowest BCUT2D eigenvalue weighted by atomic mass is 9.94. The molecule has 27 heavy (non-hydrogen) atoms. The Morgan fingerprint density at radius 3 is 2.56 bits per heavy atom. The van der Waals surface area contributed by atoms with E-state index in [9.17, 15) is 9.59 Å². The number of thioether (sulfide) groups is 1. The van der Waals surface area contributed by atoms with Crippen molar-refractivity contribution in [2.75, 3.05) is 13.7 Å². The Morgan fingerprint density at radius 1 is 1.26 bits per heavy atom. The van der Waals surface area contributed by atoms with E-state index in [0.717, 1.165) is 17.7 Å². The molecule has 1 aromatic rings. The van der Waals surface area contributed by atoms with Crippen LogP contribution in [0.15, 0.2) is 40.5 Å². The number of ether oxygens (including phenoxy) is 2. The van der Waals surface area contributed by atoms with Gasteiger partial charge in [0.25, 0.3) is 0 Å². The van der Waals surface area contributed by atoms with E-state index in [1.54, 1.807) is 11.8 Å². The van der Waals surface area contributed by atoms with Gasteiger partial charge in [-0.3, -0.25) is 9.69 Å². The summed E-state index contributed by atoms with van der Waals surface area (Å²) in [7, 11) is 1.34. The van der Waals surface area contributed by atoms with Crippen molar-refractivity contribution in [1.82, 2.24) is 4.90 Å². The van der Waals surface area contributed by atoms with E-state index in [-0.39, 0.29) is 11.2 Å². The Morgan fingerprint density at radius 2 is 1.96 bits per heavy atom. The third-order valence-electron chi connectivity index (χ3n) is 4.60. The quantitative estimate of drug-likeness (QED) is 0.695. The smallest absolute Gasteiger partial charge is 0.338 e. The summed E-state index contributed by atoms with van der Waals surface area (Å²) in [6.07, 6.45) is 1.64. The topological polar surface area (TPSA) is 68.2 Å². The first kappa shape index (κ1) is 19.5. The number of hydrogen-bond donors (Lipinski definition) is 0. The second-order valence-corrected chi connectivity index (χ2v) is 7.60. The number of benzene rings is 1. The maximum absolute atomic E-state index is 13.0. The molecule has 0 bridgehead atoms. The van der Waals surface area contributed by atoms with E-state index in [1.165, 1.54) is 18.9 Å². The van der Waals surface area contributed by atoms with Gasteiger partial charge >= 0.3 is 5.97 Å². The highest BCUT2D eigenvalue weighted by Gasteiger charge is 2.47. The molecule has 0 radical (unpaired) electrons. The van der Waals surface area contributed by atoms with E-state index >= 15 is 0 Å². The summed E-state index contributed by atoms with van der Waals surface area (Å²) < 4.78 is 10.6. The Bertz CT molecular complexity index is 801. The third-order valence-corrected chi connectivity index (χ3v) is 5.91. The highest BCUT2D eigenvalue weighted by Crippen LogP contribution is 2.44. The number of hydrogen-bond acceptors (Lipinski definition) is 6. The Labute approximate surface area is 163 Å². The predicted molar refractivity (Wildman–Crippen MR) is 106 cm³/mol. The van der Waals surface area contributed by atoms with E-state index in [0.29, 0.717) is 29.5 Å². The van der Waals surface area contributed by atoms with Crippen LogP contribution in [0.2, 0.25) is 0 Å². The number of rotatable bonds is 6. The van der Waals surface area contributed by atoms with Crippen LogP contribution in [0.4, 0.5) is 0 Å². The molecule has 1 amide bonds. The van der Waals surface area contributed by atoms with Crippen LogP contribution in [0.3, 0.4) is 0 Å². The van der Waals surface area contributed by atoms with Gasteiger partial charge in [0.1, 0.15) is 5.75 Å². The zero-order chi connectivity index (χ0) is 19.6. The minimum Gasteiger partial charge on any atom is -0.494 e. The minimum atomic E-state index is -0.540. The number of carbonyl (C=O) groups is 2. The summed E-state index contributed by atoms with van der Waals surface area (Å²) in [6.45, 7) is 6.46. The van der Waals surface area contributed by atoms with E-state index in [1.807, 2.05) is 38.1 Å². The fourth-order valence-electron chi connectivity index (χ4n) is 3.24. The number of esters is 1. The van der Waals surface area contributed by atoms with Crippen molar-refractivity contribution in [2.24, 2.45) is 4.99 Å². The number of carbonyl (C=O) groups excluding carboxylic acids is 2. The van der Waals surface area contributed by atoms with Gasteiger partial charge in [-0.05, 0) is 37.5 Å². The number of fused-ring (bicyclic) bond motifs is 1. The Kier molecular flexibility index (Phi) is 5.89. The van der Waals surface area contributed by atoms with Gasteiger partial charge in [-0.2, -0.15) is 0 Å². The highest BCUT2D eigenvalue weighted by molar-refractivity contribution is 8.15. The van der Waals surface area contributed by atoms with Gasteiger partial charge in [0.2, 0.25) is 5.91 Å². The molecule has 0 aliphatic carbocycles. The first-order valence-electron chi connectivity index (χ1n) is 9.12. The summed E-state index contributed by atoms with van der Waals surface area (Å²) in [5, 5.41) is 0.469. The van der Waals surface area contributed by atoms with Crippen LogP contribution in [0.1, 0.15) is 45.2 Å². The maximum Gasteiger partial charge on any atom is 0.338 e. The average molecular weight is 388 g/mol. The highest BCUT2D eigenvalue weighted by atomic mass is 32.2. The molecule has 0 aromatic heterocycles. The molecule has 2 aliphatic rings. The Hall–Kier alpha value is -2.28. The van der Waals surface area contributed by atoms with Crippen molar-refractivity contribution in [3.8, 4) is 5.75 Å². The monoisotopic (exact) mass is 388 g/mol. The van der Waals surface area contributed by atoms with Crippen molar-refractivity contribution in [2.45, 2.75) is 44.9 Å². The van der Waals surface area contributed by atoms with Gasteiger partial charge in [-0.1, -0.05) is 37.7 Å². The fraction of sp³-hybridized carbons (Fsp3) is 0.450. The third kappa shape index (κ3) is 3.60. The Balaban J connectivity index is 2.03. The van der Waals surface area contributed by atoms with Gasteiger partial charge in [0.05, 0.1) is 36.3 Å². The number of allylic oxidation sites excluding steroid dienone is 1. The minimum absolute atomic E-state index is 0.0218. The number of amidine groups is 1. The molecule has 6 nitrogen and oxygen atoms in total. The molecule has 1 aromatic carbocycles. The second kappa shape index (κ2) is 8.17. The first-order valence-corrected chi connectivity index (χ1v) is 10.00. The van der Waals surface area contributed by atoms with Crippen LogP contribution in [0.5, 0.6) is 5.75 Å². The molecule has 2 aliphatic heterocycles. The van der Waals surface area contributed by atoms with Crippen molar-refractivity contribution in [1.29, 1.82) is 0 Å². The molecule has 0 unspecified atom stereocenters.